The van der Waals surface area contributed by atoms with E-state index in [9.17, 15) is 4.79 Å². The summed E-state index contributed by atoms with van der Waals surface area (Å²) < 4.78 is 0. The van der Waals surface area contributed by atoms with Crippen molar-refractivity contribution in [3.63, 3.8) is 0 Å². The summed E-state index contributed by atoms with van der Waals surface area (Å²) in [5.74, 6) is 3.16. The number of hydrogen-bond donors (Lipinski definition) is 0. The van der Waals surface area contributed by atoms with Crippen LogP contribution in [0.25, 0.3) is 11.4 Å². The van der Waals surface area contributed by atoms with Gasteiger partial charge < -0.3 is 9.80 Å². The van der Waals surface area contributed by atoms with E-state index in [0.717, 1.165) is 81.9 Å². The zero-order chi connectivity index (χ0) is 20.5. The Bertz CT molecular complexity index is 905. The highest BCUT2D eigenvalue weighted by molar-refractivity contribution is 5.79. The molecule has 0 saturated carbocycles. The Morgan fingerprint density at radius 3 is 2.53 bits per heavy atom. The molecule has 5 nitrogen and oxygen atoms in total. The summed E-state index contributed by atoms with van der Waals surface area (Å²) in [6, 6.07) is 10.3. The van der Waals surface area contributed by atoms with Gasteiger partial charge in [-0.25, -0.2) is 9.97 Å². The Labute approximate surface area is 179 Å². The Morgan fingerprint density at radius 2 is 1.77 bits per heavy atom. The fraction of sp³-hybridized carbons (Fsp3) is 0.560. The first-order valence-corrected chi connectivity index (χ1v) is 11.7. The van der Waals surface area contributed by atoms with Crippen LogP contribution in [0.3, 0.4) is 0 Å². The molecule has 1 unspecified atom stereocenters. The topological polar surface area (TPSA) is 49.3 Å². The predicted molar refractivity (Wildman–Crippen MR) is 119 cm³/mol. The van der Waals surface area contributed by atoms with Gasteiger partial charge in [0.15, 0.2) is 5.82 Å². The molecule has 30 heavy (non-hydrogen) atoms. The van der Waals surface area contributed by atoms with Gasteiger partial charge in [0.05, 0.1) is 0 Å². The molecule has 1 aromatic carbocycles. The largest absolute Gasteiger partial charge is 0.356 e. The minimum Gasteiger partial charge on any atom is -0.356 e. The van der Waals surface area contributed by atoms with E-state index in [1.54, 1.807) is 0 Å². The quantitative estimate of drug-likeness (QED) is 0.773. The van der Waals surface area contributed by atoms with Crippen LogP contribution in [0.2, 0.25) is 0 Å². The van der Waals surface area contributed by atoms with Crippen molar-refractivity contribution in [2.45, 2.75) is 51.9 Å². The molecule has 1 aliphatic carbocycles. The van der Waals surface area contributed by atoms with E-state index < -0.39 is 0 Å². The third-order valence-electron chi connectivity index (χ3n) is 7.06. The van der Waals surface area contributed by atoms with E-state index in [0.29, 0.717) is 11.8 Å². The standard InChI is InChI=1S/C25H32N4O/c1-18-7-6-14-29(17-18)25(30)20-12-15-28(16-13-20)24-21-10-5-11-22(21)26-23(27-24)19-8-3-2-4-9-19/h2-4,8-9,18,20H,5-7,10-17H2,1H3. The maximum absolute atomic E-state index is 13.1. The summed E-state index contributed by atoms with van der Waals surface area (Å²) in [5.41, 5.74) is 3.64. The molecule has 0 spiro atoms. The monoisotopic (exact) mass is 404 g/mol. The molecule has 2 saturated heterocycles. The summed E-state index contributed by atoms with van der Waals surface area (Å²) >= 11 is 0. The number of likely N-dealkylation sites (tertiary alicyclic amines) is 1. The van der Waals surface area contributed by atoms with Crippen LogP contribution < -0.4 is 4.90 Å². The summed E-state index contributed by atoms with van der Waals surface area (Å²) in [5, 5.41) is 0. The van der Waals surface area contributed by atoms with E-state index in [4.69, 9.17) is 9.97 Å². The molecular weight excluding hydrogens is 372 g/mol. The Kier molecular flexibility index (Phi) is 5.45. The lowest BCUT2D eigenvalue weighted by molar-refractivity contribution is -0.137. The minimum atomic E-state index is 0.176. The van der Waals surface area contributed by atoms with E-state index >= 15 is 0 Å². The summed E-state index contributed by atoms with van der Waals surface area (Å²) in [4.78, 5) is 27.5. The van der Waals surface area contributed by atoms with Crippen molar-refractivity contribution < 1.29 is 4.79 Å². The molecule has 1 aromatic heterocycles. The number of piperidine rings is 2. The molecule has 0 radical (unpaired) electrons. The number of rotatable bonds is 3. The van der Waals surface area contributed by atoms with Crippen molar-refractivity contribution in [3.05, 3.63) is 41.6 Å². The number of nitrogens with zero attached hydrogens (tertiary/aromatic N) is 4. The van der Waals surface area contributed by atoms with Crippen LogP contribution in [-0.4, -0.2) is 47.0 Å². The smallest absolute Gasteiger partial charge is 0.225 e. The Hall–Kier alpha value is -2.43. The second-order valence-electron chi connectivity index (χ2n) is 9.31. The van der Waals surface area contributed by atoms with Crippen LogP contribution in [0.1, 0.15) is 50.3 Å². The van der Waals surface area contributed by atoms with Crippen LogP contribution >= 0.6 is 0 Å². The number of amides is 1. The normalized spacial score (nSPS) is 22.2. The number of carbonyl (C=O) groups is 1. The molecule has 3 heterocycles. The van der Waals surface area contributed by atoms with E-state index in [1.165, 1.54) is 17.7 Å². The predicted octanol–water partition coefficient (Wildman–Crippen LogP) is 4.11. The van der Waals surface area contributed by atoms with Gasteiger partial charge in [0.1, 0.15) is 5.82 Å². The number of anilines is 1. The number of benzene rings is 1. The molecule has 0 bridgehead atoms. The van der Waals surface area contributed by atoms with Crippen molar-refractivity contribution in [1.29, 1.82) is 0 Å². The maximum Gasteiger partial charge on any atom is 0.225 e. The first-order valence-electron chi connectivity index (χ1n) is 11.7. The van der Waals surface area contributed by atoms with Gasteiger partial charge in [-0.3, -0.25) is 4.79 Å². The first kappa shape index (κ1) is 19.5. The summed E-state index contributed by atoms with van der Waals surface area (Å²) in [7, 11) is 0. The van der Waals surface area contributed by atoms with E-state index in [1.807, 2.05) is 18.2 Å². The lowest BCUT2D eigenvalue weighted by atomic mass is 9.92. The Balaban J connectivity index is 1.32. The first-order chi connectivity index (χ1) is 14.7. The highest BCUT2D eigenvalue weighted by atomic mass is 16.2. The van der Waals surface area contributed by atoms with Crippen LogP contribution in [0, 0.1) is 11.8 Å². The van der Waals surface area contributed by atoms with E-state index in [2.05, 4.69) is 28.9 Å². The lowest BCUT2D eigenvalue weighted by Crippen LogP contribution is -2.46. The van der Waals surface area contributed by atoms with Gasteiger partial charge in [0, 0.05) is 48.9 Å². The second kappa shape index (κ2) is 8.37. The van der Waals surface area contributed by atoms with Crippen molar-refractivity contribution in [1.82, 2.24) is 14.9 Å². The molecule has 1 amide bonds. The number of aryl methyl sites for hydroxylation is 1. The zero-order valence-electron chi connectivity index (χ0n) is 18.0. The van der Waals surface area contributed by atoms with Crippen LogP contribution in [0.15, 0.2) is 30.3 Å². The fourth-order valence-corrected chi connectivity index (χ4v) is 5.38. The van der Waals surface area contributed by atoms with Gasteiger partial charge in [-0.2, -0.15) is 0 Å². The fourth-order valence-electron chi connectivity index (χ4n) is 5.38. The lowest BCUT2D eigenvalue weighted by Gasteiger charge is -2.38. The SMILES string of the molecule is CC1CCCN(C(=O)C2CCN(c3nc(-c4ccccc4)nc4c3CCC4)CC2)C1. The molecule has 2 aromatic rings. The average Bonchev–Trinajstić information content (AvgIpc) is 3.27. The molecule has 1 atom stereocenters. The average molecular weight is 405 g/mol. The van der Waals surface area contributed by atoms with Gasteiger partial charge in [0.2, 0.25) is 5.91 Å². The van der Waals surface area contributed by atoms with E-state index in [-0.39, 0.29) is 5.92 Å². The van der Waals surface area contributed by atoms with Crippen molar-refractivity contribution in [2.24, 2.45) is 11.8 Å². The van der Waals surface area contributed by atoms with Crippen molar-refractivity contribution >= 4 is 11.7 Å². The number of carbonyl (C=O) groups excluding carboxylic acids is 1. The van der Waals surface area contributed by atoms with Gasteiger partial charge in [-0.05, 0) is 50.9 Å². The molecule has 3 aliphatic rings. The molecule has 0 N–H and O–H groups in total. The van der Waals surface area contributed by atoms with Gasteiger partial charge in [-0.1, -0.05) is 37.3 Å². The molecule has 2 fully saturated rings. The Morgan fingerprint density at radius 1 is 0.967 bits per heavy atom. The second-order valence-corrected chi connectivity index (χ2v) is 9.31. The highest BCUT2D eigenvalue weighted by Gasteiger charge is 2.32. The van der Waals surface area contributed by atoms with Crippen molar-refractivity contribution in [3.8, 4) is 11.4 Å². The number of aromatic nitrogens is 2. The van der Waals surface area contributed by atoms with Crippen LogP contribution in [0.4, 0.5) is 5.82 Å². The number of hydrogen-bond acceptors (Lipinski definition) is 4. The zero-order valence-corrected chi connectivity index (χ0v) is 18.0. The van der Waals surface area contributed by atoms with Crippen molar-refractivity contribution in [2.75, 3.05) is 31.1 Å². The molecule has 158 valence electrons. The molecular formula is C25H32N4O. The number of fused-ring (bicyclic) bond motifs is 1. The summed E-state index contributed by atoms with van der Waals surface area (Å²) in [6.07, 6.45) is 7.56. The maximum atomic E-state index is 13.1. The van der Waals surface area contributed by atoms with Crippen LogP contribution in [-0.2, 0) is 17.6 Å². The highest BCUT2D eigenvalue weighted by Crippen LogP contribution is 2.34. The third-order valence-corrected chi connectivity index (χ3v) is 7.06. The molecule has 2 aliphatic heterocycles. The molecule has 5 heteroatoms. The minimum absolute atomic E-state index is 0.176. The van der Waals surface area contributed by atoms with Gasteiger partial charge in [-0.15, -0.1) is 0 Å². The summed E-state index contributed by atoms with van der Waals surface area (Å²) in [6.45, 7) is 5.99. The third kappa shape index (κ3) is 3.82. The van der Waals surface area contributed by atoms with Gasteiger partial charge in [0.25, 0.3) is 0 Å². The van der Waals surface area contributed by atoms with Crippen LogP contribution in [0.5, 0.6) is 0 Å². The van der Waals surface area contributed by atoms with Gasteiger partial charge >= 0.3 is 0 Å². The molecule has 5 rings (SSSR count).